The van der Waals surface area contributed by atoms with Crippen LogP contribution >= 0.6 is 0 Å². The molecule has 3 aliphatic heterocycles. The highest BCUT2D eigenvalue weighted by Crippen LogP contribution is 2.33. The molecule has 103 heavy (non-hydrogen) atoms. The van der Waals surface area contributed by atoms with Crippen LogP contribution in [0, 0.1) is 0 Å². The Morgan fingerprint density at radius 3 is 1.05 bits per heavy atom. The molecule has 19 nitrogen and oxygen atoms in total. The van der Waals surface area contributed by atoms with Crippen LogP contribution in [-0.2, 0) is 33.2 Å². The third-order valence-electron chi connectivity index (χ3n) is 20.5. The average Bonchev–Trinajstić information content (AvgIpc) is 0.781. The first-order valence-corrected chi connectivity index (χ1v) is 41.7. The molecule has 0 aromatic heterocycles. The van der Waals surface area contributed by atoms with Gasteiger partial charge in [0.05, 0.1) is 38.6 Å². The summed E-state index contributed by atoms with van der Waals surface area (Å²) in [5.74, 6) is -0.273. The number of aliphatic hydroxyl groups is 11. The molecule has 12 N–H and O–H groups in total. The number of carbonyl (C=O) groups excluding carboxylic acids is 1. The van der Waals surface area contributed by atoms with Gasteiger partial charge in [-0.1, -0.05) is 324 Å². The van der Waals surface area contributed by atoms with Gasteiger partial charge in [0.1, 0.15) is 73.2 Å². The van der Waals surface area contributed by atoms with Crippen LogP contribution in [0.4, 0.5) is 0 Å². The Morgan fingerprint density at radius 2 is 0.670 bits per heavy atom. The van der Waals surface area contributed by atoms with E-state index in [4.69, 9.17) is 28.4 Å². The minimum atomic E-state index is -1.98. The summed E-state index contributed by atoms with van der Waals surface area (Å²) < 4.78 is 34.5. The molecule has 17 unspecified atom stereocenters. The minimum absolute atomic E-state index is 0.241. The van der Waals surface area contributed by atoms with Gasteiger partial charge in [-0.15, -0.1) is 0 Å². The molecule has 17 atom stereocenters. The van der Waals surface area contributed by atoms with E-state index in [1.165, 1.54) is 218 Å². The maximum absolute atomic E-state index is 13.5. The molecule has 3 aliphatic rings. The number of aliphatic hydroxyl groups excluding tert-OH is 11. The van der Waals surface area contributed by atoms with Gasteiger partial charge >= 0.3 is 0 Å². The molecule has 0 aromatic carbocycles. The van der Waals surface area contributed by atoms with E-state index < -0.39 is 124 Å². The highest BCUT2D eigenvalue weighted by atomic mass is 16.8. The molecule has 1 amide bonds. The number of ether oxygens (including phenoxy) is 6. The number of hydrogen-bond donors (Lipinski definition) is 12. The van der Waals surface area contributed by atoms with E-state index in [-0.39, 0.29) is 18.9 Å². The van der Waals surface area contributed by atoms with Crippen LogP contribution in [0.1, 0.15) is 322 Å². The van der Waals surface area contributed by atoms with Crippen molar-refractivity contribution < 1.29 is 89.4 Å². The molecule has 0 radical (unpaired) electrons. The molecule has 3 fully saturated rings. The molecule has 0 aromatic rings. The van der Waals surface area contributed by atoms with Crippen molar-refractivity contribution in [1.82, 2.24) is 5.32 Å². The first kappa shape index (κ1) is 94.4. The monoisotopic (exact) mass is 1460 g/mol. The molecule has 600 valence electrons. The van der Waals surface area contributed by atoms with Gasteiger partial charge < -0.3 is 89.9 Å². The highest BCUT2D eigenvalue weighted by Gasteiger charge is 2.54. The second-order valence-corrected chi connectivity index (χ2v) is 29.6. The number of rotatable bonds is 66. The second-order valence-electron chi connectivity index (χ2n) is 29.6. The summed E-state index contributed by atoms with van der Waals surface area (Å²) in [6, 6.07) is -0.978. The number of amides is 1. The molecular formula is C84H151NO18. The van der Waals surface area contributed by atoms with Crippen molar-refractivity contribution in [2.75, 3.05) is 26.4 Å². The van der Waals surface area contributed by atoms with Crippen LogP contribution in [0.2, 0.25) is 0 Å². The van der Waals surface area contributed by atoms with Crippen LogP contribution in [-0.4, -0.2) is 193 Å². The topological polar surface area (TPSA) is 307 Å². The third kappa shape index (κ3) is 43.9. The number of carbonyl (C=O) groups is 1. The van der Waals surface area contributed by atoms with Crippen molar-refractivity contribution >= 4 is 5.91 Å². The Labute approximate surface area is 623 Å². The molecular weight excluding hydrogens is 1310 g/mol. The van der Waals surface area contributed by atoms with Gasteiger partial charge in [0.25, 0.3) is 0 Å². The van der Waals surface area contributed by atoms with Gasteiger partial charge in [0, 0.05) is 6.42 Å². The molecule has 0 saturated carbocycles. The smallest absolute Gasteiger partial charge is 0.220 e. The summed E-state index contributed by atoms with van der Waals surface area (Å²) in [6.45, 7) is 1.66. The van der Waals surface area contributed by atoms with Crippen LogP contribution in [0.5, 0.6) is 0 Å². The largest absolute Gasteiger partial charge is 0.394 e. The van der Waals surface area contributed by atoms with Crippen LogP contribution in [0.3, 0.4) is 0 Å². The van der Waals surface area contributed by atoms with E-state index in [9.17, 15) is 61.0 Å². The molecule has 3 saturated heterocycles. The van der Waals surface area contributed by atoms with Crippen molar-refractivity contribution in [3.63, 3.8) is 0 Å². The van der Waals surface area contributed by atoms with Crippen molar-refractivity contribution in [3.05, 3.63) is 72.9 Å². The number of hydrogen-bond acceptors (Lipinski definition) is 18. The molecule has 0 spiro atoms. The fraction of sp³-hybridized carbons (Fsp3) is 0.845. The molecule has 3 heterocycles. The highest BCUT2D eigenvalue weighted by molar-refractivity contribution is 5.76. The molecule has 19 heteroatoms. The predicted molar refractivity (Wildman–Crippen MR) is 411 cm³/mol. The van der Waals surface area contributed by atoms with Gasteiger partial charge in [-0.05, 0) is 64.2 Å². The minimum Gasteiger partial charge on any atom is -0.394 e. The zero-order valence-corrected chi connectivity index (χ0v) is 64.3. The number of unbranched alkanes of at least 4 members (excludes halogenated alkanes) is 40. The van der Waals surface area contributed by atoms with Crippen LogP contribution in [0.15, 0.2) is 72.9 Å². The molecule has 0 bridgehead atoms. The summed E-state index contributed by atoms with van der Waals surface area (Å²) >= 11 is 0. The second kappa shape index (κ2) is 64.1. The lowest BCUT2D eigenvalue weighted by atomic mass is 9.96. The fourth-order valence-electron chi connectivity index (χ4n) is 13.9. The van der Waals surface area contributed by atoms with E-state index in [1.54, 1.807) is 6.08 Å². The zero-order chi connectivity index (χ0) is 74.6. The SMILES string of the molecule is CC/C=C\C/C=C\C/C=C\C/C=C\C/C=C\CCCCCCCCCCCCCCCCCC(=O)NC(COC1OC(CO)C(OC2OC(CO)C(OC3OC(CO)C(O)C(O)C3O)C(O)C2O)C(O)C1O)C(O)/C=C/CCCCCCCCCCCCCCCCCCCCCCCCCCC. The van der Waals surface area contributed by atoms with Gasteiger partial charge in [0.15, 0.2) is 18.9 Å². The molecule has 0 aliphatic carbocycles. The zero-order valence-electron chi connectivity index (χ0n) is 64.3. The van der Waals surface area contributed by atoms with Gasteiger partial charge in [-0.25, -0.2) is 0 Å². The quantitative estimate of drug-likeness (QED) is 0.0199. The van der Waals surface area contributed by atoms with E-state index in [2.05, 4.69) is 79.9 Å². The number of allylic oxidation sites excluding steroid dienone is 11. The van der Waals surface area contributed by atoms with E-state index in [1.807, 2.05) is 6.08 Å². The third-order valence-corrected chi connectivity index (χ3v) is 20.5. The first-order valence-electron chi connectivity index (χ1n) is 41.7. The maximum atomic E-state index is 13.5. The summed E-state index contributed by atoms with van der Waals surface area (Å²) in [7, 11) is 0. The lowest BCUT2D eigenvalue weighted by molar-refractivity contribution is -0.379. The van der Waals surface area contributed by atoms with Crippen LogP contribution < -0.4 is 5.32 Å². The van der Waals surface area contributed by atoms with Crippen molar-refractivity contribution in [2.24, 2.45) is 0 Å². The van der Waals surface area contributed by atoms with Gasteiger partial charge in [-0.2, -0.15) is 0 Å². The fourth-order valence-corrected chi connectivity index (χ4v) is 13.9. The normalized spacial score (nSPS) is 26.4. The Kier molecular flexibility index (Phi) is 58.8. The van der Waals surface area contributed by atoms with Crippen molar-refractivity contribution in [2.45, 2.75) is 426 Å². The summed E-state index contributed by atoms with van der Waals surface area (Å²) in [4.78, 5) is 13.5. The van der Waals surface area contributed by atoms with Gasteiger partial charge in [0.2, 0.25) is 5.91 Å². The maximum Gasteiger partial charge on any atom is 0.220 e. The summed E-state index contributed by atoms with van der Waals surface area (Å²) in [5, 5.41) is 121. The average molecular weight is 1460 g/mol. The summed E-state index contributed by atoms with van der Waals surface area (Å²) in [6.07, 6.45) is 57.4. The lowest BCUT2D eigenvalue weighted by Crippen LogP contribution is -2.66. The van der Waals surface area contributed by atoms with Gasteiger partial charge in [-0.3, -0.25) is 4.79 Å². The Hall–Kier alpha value is -2.77. The Bertz CT molecular complexity index is 2140. The van der Waals surface area contributed by atoms with E-state index in [0.29, 0.717) is 6.42 Å². The Morgan fingerprint density at radius 1 is 0.359 bits per heavy atom. The lowest BCUT2D eigenvalue weighted by Gasteiger charge is -2.48. The number of nitrogens with one attached hydrogen (secondary N) is 1. The van der Waals surface area contributed by atoms with E-state index in [0.717, 1.165) is 77.0 Å². The van der Waals surface area contributed by atoms with Crippen molar-refractivity contribution in [3.8, 4) is 0 Å². The Balaban J connectivity index is 1.36. The van der Waals surface area contributed by atoms with E-state index >= 15 is 0 Å². The molecule has 3 rings (SSSR count). The standard InChI is InChI=1S/C84H151NO18/c1-3-5-7-9-11-13-15-17-19-21-23-25-27-29-31-32-33-34-36-38-40-42-44-46-48-50-52-54-56-58-60-62-72(90)85-67(68(89)61-59-57-55-53-51-49-47-45-43-41-39-37-35-30-28-26-24-22-20-18-16-14-12-10-8-6-4-2)66-98-82-78(96)75(93)80(70(64-87)100-82)103-84-79(97)76(94)81(71(65-88)101-84)102-83-77(95)74(92)73(91)69(63-86)99-83/h5,7,11,13,17,19,23,25,29,31,59,61,67-71,73-84,86-89,91-97H,3-4,6,8-10,12,14-16,18,20-22,24,26-28,30,32-58,60,62-66H2,1-2H3,(H,85,90)/b7-5-,13-11-,19-17-,25-23-,31-29-,61-59+. The van der Waals surface area contributed by atoms with Crippen LogP contribution in [0.25, 0.3) is 0 Å². The summed E-state index contributed by atoms with van der Waals surface area (Å²) in [5.41, 5.74) is 0. The van der Waals surface area contributed by atoms with Crippen molar-refractivity contribution in [1.29, 1.82) is 0 Å². The first-order chi connectivity index (χ1) is 50.3. The predicted octanol–water partition coefficient (Wildman–Crippen LogP) is 14.4.